The number of rotatable bonds is 2. The number of nitrogens with zero attached hydrogens (tertiary/aromatic N) is 1. The van der Waals surface area contributed by atoms with E-state index >= 15 is 0 Å². The van der Waals surface area contributed by atoms with Gasteiger partial charge in [-0.05, 0) is 33.3 Å². The van der Waals surface area contributed by atoms with Gasteiger partial charge in [0.25, 0.3) is 0 Å². The third-order valence-corrected chi connectivity index (χ3v) is 4.20. The zero-order valence-corrected chi connectivity index (χ0v) is 13.0. The second-order valence-electron chi connectivity index (χ2n) is 5.70. The summed E-state index contributed by atoms with van der Waals surface area (Å²) in [6.45, 7) is 7.56. The first-order valence-electron chi connectivity index (χ1n) is 7.36. The molecule has 0 aliphatic carbocycles. The van der Waals surface area contributed by atoms with Gasteiger partial charge in [0.05, 0.1) is 12.1 Å². The molecule has 5 heteroatoms. The molecule has 1 aliphatic rings. The van der Waals surface area contributed by atoms with Crippen molar-refractivity contribution in [2.24, 2.45) is 0 Å². The lowest BCUT2D eigenvalue weighted by Gasteiger charge is -2.42. The lowest BCUT2D eigenvalue weighted by molar-refractivity contribution is -0.130. The van der Waals surface area contributed by atoms with E-state index in [1.54, 1.807) is 11.8 Å². The fourth-order valence-corrected chi connectivity index (χ4v) is 2.63. The molecule has 0 bridgehead atoms. The largest absolute Gasteiger partial charge is 0.350 e. The minimum atomic E-state index is -0.459. The molecule has 0 aromatic heterocycles. The fourth-order valence-electron chi connectivity index (χ4n) is 2.63. The molecule has 1 saturated heterocycles. The van der Waals surface area contributed by atoms with E-state index in [-0.39, 0.29) is 30.1 Å². The molecule has 1 heterocycles. The van der Waals surface area contributed by atoms with Gasteiger partial charge in [0.15, 0.2) is 0 Å². The van der Waals surface area contributed by atoms with Gasteiger partial charge in [-0.25, -0.2) is 4.79 Å². The molecule has 0 radical (unpaired) electrons. The monoisotopic (exact) mass is 289 g/mol. The molecule has 1 fully saturated rings. The number of benzene rings is 1. The van der Waals surface area contributed by atoms with Crippen LogP contribution in [0.15, 0.2) is 30.3 Å². The van der Waals surface area contributed by atoms with Crippen molar-refractivity contribution in [3.05, 3.63) is 35.9 Å². The molecule has 0 spiro atoms. The third-order valence-electron chi connectivity index (χ3n) is 4.20. The van der Waals surface area contributed by atoms with Gasteiger partial charge in [-0.3, -0.25) is 4.79 Å². The second kappa shape index (κ2) is 6.16. The van der Waals surface area contributed by atoms with Crippen molar-refractivity contribution in [1.82, 2.24) is 15.5 Å². The smallest absolute Gasteiger partial charge is 0.318 e. The highest BCUT2D eigenvalue weighted by Gasteiger charge is 2.38. The Hall–Kier alpha value is -2.04. The summed E-state index contributed by atoms with van der Waals surface area (Å²) in [5.74, 6) is -0.108. The minimum Gasteiger partial charge on any atom is -0.350 e. The molecule has 21 heavy (non-hydrogen) atoms. The predicted molar refractivity (Wildman–Crippen MR) is 81.8 cm³/mol. The Bertz CT molecular complexity index is 518. The summed E-state index contributed by atoms with van der Waals surface area (Å²) in [7, 11) is 0. The summed E-state index contributed by atoms with van der Waals surface area (Å²) in [6.07, 6.45) is 0. The van der Waals surface area contributed by atoms with Gasteiger partial charge in [-0.15, -0.1) is 0 Å². The predicted octanol–water partition coefficient (Wildman–Crippen LogP) is 2.05. The molecule has 2 N–H and O–H groups in total. The molecule has 1 aliphatic heterocycles. The average molecular weight is 289 g/mol. The lowest BCUT2D eigenvalue weighted by Crippen LogP contribution is -2.65. The zero-order chi connectivity index (χ0) is 15.6. The maximum Gasteiger partial charge on any atom is 0.318 e. The van der Waals surface area contributed by atoms with E-state index in [1.807, 2.05) is 51.1 Å². The Balaban J connectivity index is 2.09. The highest BCUT2D eigenvalue weighted by molar-refractivity contribution is 5.88. The Morgan fingerprint density at radius 1 is 1.24 bits per heavy atom. The SMILES string of the molecule is CC(NC(=O)N1C(C)C(=O)NC(C)C1C)c1ccccc1. The number of nitrogens with one attached hydrogen (secondary N) is 2. The number of urea groups is 1. The summed E-state index contributed by atoms with van der Waals surface area (Å²) >= 11 is 0. The maximum atomic E-state index is 12.5. The standard InChI is InChI=1S/C16H23N3O2/c1-10-12(3)19(13(4)15(20)17-10)16(21)18-11(2)14-8-6-5-7-9-14/h5-13H,1-4H3,(H,17,20)(H,18,21). The minimum absolute atomic E-state index is 0.0410. The number of piperazine rings is 1. The van der Waals surface area contributed by atoms with Crippen molar-refractivity contribution in [2.75, 3.05) is 0 Å². The maximum absolute atomic E-state index is 12.5. The van der Waals surface area contributed by atoms with Crippen LogP contribution in [0.5, 0.6) is 0 Å². The summed E-state index contributed by atoms with van der Waals surface area (Å²) in [5.41, 5.74) is 1.04. The lowest BCUT2D eigenvalue weighted by atomic mass is 10.0. The number of carbonyl (C=O) groups excluding carboxylic acids is 2. The molecule has 3 amide bonds. The molecule has 4 unspecified atom stereocenters. The average Bonchev–Trinajstić information content (AvgIpc) is 2.46. The Morgan fingerprint density at radius 2 is 1.86 bits per heavy atom. The van der Waals surface area contributed by atoms with Crippen molar-refractivity contribution in [3.8, 4) is 0 Å². The Morgan fingerprint density at radius 3 is 2.48 bits per heavy atom. The highest BCUT2D eigenvalue weighted by Crippen LogP contribution is 2.18. The number of hydrogen-bond acceptors (Lipinski definition) is 2. The van der Waals surface area contributed by atoms with Gasteiger partial charge >= 0.3 is 6.03 Å². The number of carbonyl (C=O) groups is 2. The van der Waals surface area contributed by atoms with Crippen LogP contribution in [0.4, 0.5) is 4.79 Å². The number of hydrogen-bond donors (Lipinski definition) is 2. The van der Waals surface area contributed by atoms with E-state index < -0.39 is 6.04 Å². The molecule has 2 rings (SSSR count). The van der Waals surface area contributed by atoms with Crippen LogP contribution in [0, 0.1) is 0 Å². The van der Waals surface area contributed by atoms with Gasteiger partial charge in [0.1, 0.15) is 6.04 Å². The van der Waals surface area contributed by atoms with E-state index in [2.05, 4.69) is 10.6 Å². The first kappa shape index (κ1) is 15.4. The van der Waals surface area contributed by atoms with E-state index in [0.29, 0.717) is 0 Å². The summed E-state index contributed by atoms with van der Waals surface area (Å²) in [4.78, 5) is 26.0. The molecule has 1 aromatic rings. The third kappa shape index (κ3) is 3.17. The molecular weight excluding hydrogens is 266 g/mol. The normalized spacial score (nSPS) is 27.0. The van der Waals surface area contributed by atoms with Gasteiger partial charge < -0.3 is 15.5 Å². The first-order valence-corrected chi connectivity index (χ1v) is 7.36. The fraction of sp³-hybridized carbons (Fsp3) is 0.500. The van der Waals surface area contributed by atoms with E-state index in [1.165, 1.54) is 0 Å². The first-order chi connectivity index (χ1) is 9.91. The van der Waals surface area contributed by atoms with Gasteiger partial charge in [-0.1, -0.05) is 30.3 Å². The molecule has 0 saturated carbocycles. The van der Waals surface area contributed by atoms with Crippen LogP contribution < -0.4 is 10.6 Å². The highest BCUT2D eigenvalue weighted by atomic mass is 16.2. The Labute approximate surface area is 125 Å². The van der Waals surface area contributed by atoms with E-state index in [9.17, 15) is 9.59 Å². The van der Waals surface area contributed by atoms with Crippen LogP contribution in [0.2, 0.25) is 0 Å². The van der Waals surface area contributed by atoms with Crippen LogP contribution in [0.1, 0.15) is 39.3 Å². The van der Waals surface area contributed by atoms with Crippen LogP contribution in [-0.4, -0.2) is 35.0 Å². The summed E-state index contributed by atoms with van der Waals surface area (Å²) in [5, 5.41) is 5.86. The number of amides is 3. The van der Waals surface area contributed by atoms with Gasteiger partial charge in [-0.2, -0.15) is 0 Å². The molecular formula is C16H23N3O2. The zero-order valence-electron chi connectivity index (χ0n) is 13.0. The topological polar surface area (TPSA) is 61.4 Å². The van der Waals surface area contributed by atoms with Crippen LogP contribution in [-0.2, 0) is 4.79 Å². The Kier molecular flexibility index (Phi) is 4.50. The molecule has 1 aromatic carbocycles. The van der Waals surface area contributed by atoms with E-state index in [0.717, 1.165) is 5.56 Å². The van der Waals surface area contributed by atoms with Crippen LogP contribution in [0.3, 0.4) is 0 Å². The molecule has 114 valence electrons. The van der Waals surface area contributed by atoms with Gasteiger partial charge in [0, 0.05) is 6.04 Å². The van der Waals surface area contributed by atoms with E-state index in [4.69, 9.17) is 0 Å². The van der Waals surface area contributed by atoms with Crippen LogP contribution in [0.25, 0.3) is 0 Å². The van der Waals surface area contributed by atoms with Crippen molar-refractivity contribution in [3.63, 3.8) is 0 Å². The molecule has 5 nitrogen and oxygen atoms in total. The summed E-state index contributed by atoms with van der Waals surface area (Å²) in [6, 6.07) is 8.93. The van der Waals surface area contributed by atoms with Crippen LogP contribution >= 0.6 is 0 Å². The van der Waals surface area contributed by atoms with Crippen molar-refractivity contribution in [2.45, 2.75) is 51.9 Å². The second-order valence-corrected chi connectivity index (χ2v) is 5.70. The quantitative estimate of drug-likeness (QED) is 0.875. The van der Waals surface area contributed by atoms with Crippen molar-refractivity contribution >= 4 is 11.9 Å². The van der Waals surface area contributed by atoms with Gasteiger partial charge in [0.2, 0.25) is 5.91 Å². The van der Waals surface area contributed by atoms with Crippen molar-refractivity contribution in [1.29, 1.82) is 0 Å². The molecule has 4 atom stereocenters. The van der Waals surface area contributed by atoms with Crippen molar-refractivity contribution < 1.29 is 9.59 Å². The summed E-state index contributed by atoms with van der Waals surface area (Å²) < 4.78 is 0.